The Bertz CT molecular complexity index is 569. The van der Waals surface area contributed by atoms with E-state index in [0.717, 1.165) is 17.8 Å². The minimum Gasteiger partial charge on any atom is -0.483 e. The first kappa shape index (κ1) is 13.5. The number of imidazole rings is 1. The lowest BCUT2D eigenvalue weighted by Crippen LogP contribution is -2.05. The molecule has 0 radical (unpaired) electrons. The third kappa shape index (κ3) is 3.29. The molecule has 0 aliphatic rings. The van der Waals surface area contributed by atoms with Gasteiger partial charge in [0, 0.05) is 25.7 Å². The lowest BCUT2D eigenvalue weighted by atomic mass is 10.3. The molecule has 0 saturated heterocycles. The predicted octanol–water partition coefficient (Wildman–Crippen LogP) is 1.78. The molecule has 1 aromatic carbocycles. The zero-order chi connectivity index (χ0) is 13.8. The summed E-state index contributed by atoms with van der Waals surface area (Å²) in [6.07, 6.45) is 2.53. The fourth-order valence-electron chi connectivity index (χ4n) is 1.71. The maximum atomic E-state index is 13.4. The second kappa shape index (κ2) is 5.79. The normalized spacial score (nSPS) is 10.7. The minimum absolute atomic E-state index is 0.00442. The summed E-state index contributed by atoms with van der Waals surface area (Å²) in [4.78, 5) is 4.32. The molecule has 6 heteroatoms. The van der Waals surface area contributed by atoms with Crippen molar-refractivity contribution in [2.45, 2.75) is 13.0 Å². The van der Waals surface area contributed by atoms with Crippen molar-refractivity contribution in [3.8, 4) is 5.75 Å². The number of benzene rings is 1. The van der Waals surface area contributed by atoms with E-state index in [4.69, 9.17) is 10.5 Å². The Hall–Kier alpha value is -1.95. The lowest BCUT2D eigenvalue weighted by Gasteiger charge is -2.06. The number of nitrogens with two attached hydrogens (primary N) is 1. The van der Waals surface area contributed by atoms with E-state index < -0.39 is 11.6 Å². The summed E-state index contributed by atoms with van der Waals surface area (Å²) in [6, 6.07) is 3.19. The molecular formula is C13H15F2N3O. The summed E-state index contributed by atoms with van der Waals surface area (Å²) >= 11 is 0. The zero-order valence-electron chi connectivity index (χ0n) is 10.6. The first-order valence-corrected chi connectivity index (χ1v) is 5.89. The largest absolute Gasteiger partial charge is 0.483 e. The summed E-state index contributed by atoms with van der Waals surface area (Å²) in [7, 11) is 1.83. The molecule has 4 nitrogen and oxygen atoms in total. The Morgan fingerprint density at radius 2 is 2.16 bits per heavy atom. The molecule has 0 aliphatic heterocycles. The monoisotopic (exact) mass is 267 g/mol. The maximum absolute atomic E-state index is 13.4. The Labute approximate surface area is 109 Å². The molecule has 1 heterocycles. The van der Waals surface area contributed by atoms with Gasteiger partial charge in [-0.2, -0.15) is 0 Å². The molecule has 0 amide bonds. The summed E-state index contributed by atoms with van der Waals surface area (Å²) in [5, 5.41) is 0. The Morgan fingerprint density at radius 1 is 1.37 bits per heavy atom. The van der Waals surface area contributed by atoms with Gasteiger partial charge in [-0.1, -0.05) is 0 Å². The Morgan fingerprint density at radius 3 is 2.84 bits per heavy atom. The van der Waals surface area contributed by atoms with Crippen molar-refractivity contribution in [2.24, 2.45) is 12.8 Å². The van der Waals surface area contributed by atoms with Gasteiger partial charge in [-0.25, -0.2) is 13.8 Å². The van der Waals surface area contributed by atoms with Gasteiger partial charge >= 0.3 is 0 Å². The van der Waals surface area contributed by atoms with Crippen molar-refractivity contribution in [2.75, 3.05) is 6.54 Å². The first-order valence-electron chi connectivity index (χ1n) is 5.89. The number of nitrogens with zero attached hydrogens (tertiary/aromatic N) is 2. The van der Waals surface area contributed by atoms with Crippen LogP contribution in [0, 0.1) is 11.6 Å². The van der Waals surface area contributed by atoms with Gasteiger partial charge in [0.15, 0.2) is 11.6 Å². The quantitative estimate of drug-likeness (QED) is 0.898. The van der Waals surface area contributed by atoms with E-state index in [-0.39, 0.29) is 12.4 Å². The van der Waals surface area contributed by atoms with Crippen molar-refractivity contribution >= 4 is 0 Å². The predicted molar refractivity (Wildman–Crippen MR) is 66.7 cm³/mol. The van der Waals surface area contributed by atoms with Crippen LogP contribution < -0.4 is 10.5 Å². The van der Waals surface area contributed by atoms with Crippen LogP contribution in [0.25, 0.3) is 0 Å². The molecule has 1 aromatic heterocycles. The SMILES string of the molecule is Cn1cc(CCN)nc1COc1ccc(F)cc1F. The molecule has 102 valence electrons. The van der Waals surface area contributed by atoms with E-state index >= 15 is 0 Å². The summed E-state index contributed by atoms with van der Waals surface area (Å²) < 4.78 is 33.2. The number of ether oxygens (including phenoxy) is 1. The van der Waals surface area contributed by atoms with Crippen LogP contribution in [0.4, 0.5) is 8.78 Å². The van der Waals surface area contributed by atoms with Crippen molar-refractivity contribution in [3.63, 3.8) is 0 Å². The fourth-order valence-corrected chi connectivity index (χ4v) is 1.71. The third-order valence-electron chi connectivity index (χ3n) is 2.67. The number of halogens is 2. The van der Waals surface area contributed by atoms with Gasteiger partial charge in [-0.3, -0.25) is 0 Å². The first-order chi connectivity index (χ1) is 9.10. The molecule has 2 N–H and O–H groups in total. The topological polar surface area (TPSA) is 53.1 Å². The summed E-state index contributed by atoms with van der Waals surface area (Å²) in [5.41, 5.74) is 6.32. The number of hydrogen-bond donors (Lipinski definition) is 1. The van der Waals surface area contributed by atoms with Crippen LogP contribution in [-0.4, -0.2) is 16.1 Å². The molecule has 0 atom stereocenters. The highest BCUT2D eigenvalue weighted by atomic mass is 19.1. The molecule has 0 spiro atoms. The molecule has 0 fully saturated rings. The second-order valence-electron chi connectivity index (χ2n) is 4.16. The van der Waals surface area contributed by atoms with Crippen LogP contribution in [0.1, 0.15) is 11.5 Å². The van der Waals surface area contributed by atoms with Gasteiger partial charge in [0.05, 0.1) is 5.69 Å². The Balaban J connectivity index is 2.05. The number of aryl methyl sites for hydroxylation is 1. The second-order valence-corrected chi connectivity index (χ2v) is 4.16. The molecular weight excluding hydrogens is 252 g/mol. The van der Waals surface area contributed by atoms with E-state index in [2.05, 4.69) is 4.98 Å². The molecule has 19 heavy (non-hydrogen) atoms. The highest BCUT2D eigenvalue weighted by Gasteiger charge is 2.08. The summed E-state index contributed by atoms with van der Waals surface area (Å²) in [5.74, 6) is -0.694. The third-order valence-corrected chi connectivity index (χ3v) is 2.67. The van der Waals surface area contributed by atoms with Crippen LogP contribution in [0.5, 0.6) is 5.75 Å². The van der Waals surface area contributed by atoms with Crippen molar-refractivity contribution in [1.82, 2.24) is 9.55 Å². The van der Waals surface area contributed by atoms with E-state index in [1.807, 2.05) is 13.2 Å². The lowest BCUT2D eigenvalue weighted by molar-refractivity contribution is 0.276. The van der Waals surface area contributed by atoms with Crippen molar-refractivity contribution in [3.05, 3.63) is 47.5 Å². The summed E-state index contributed by atoms with van der Waals surface area (Å²) in [6.45, 7) is 0.632. The Kier molecular flexibility index (Phi) is 4.11. The van der Waals surface area contributed by atoms with Crippen LogP contribution >= 0.6 is 0 Å². The van der Waals surface area contributed by atoms with Gasteiger partial charge in [0.1, 0.15) is 18.2 Å². The van der Waals surface area contributed by atoms with Crippen LogP contribution in [-0.2, 0) is 20.1 Å². The number of aromatic nitrogens is 2. The standard InChI is InChI=1S/C13H15F2N3O/c1-18-7-10(4-5-16)17-13(18)8-19-12-3-2-9(14)6-11(12)15/h2-3,6-7H,4-5,8,16H2,1H3. The van der Waals surface area contributed by atoms with Gasteiger partial charge in [0.2, 0.25) is 0 Å². The van der Waals surface area contributed by atoms with E-state index in [1.165, 1.54) is 6.07 Å². The van der Waals surface area contributed by atoms with Crippen molar-refractivity contribution < 1.29 is 13.5 Å². The van der Waals surface area contributed by atoms with E-state index in [0.29, 0.717) is 18.8 Å². The fraction of sp³-hybridized carbons (Fsp3) is 0.308. The highest BCUT2D eigenvalue weighted by molar-refractivity contribution is 5.24. The number of hydrogen-bond acceptors (Lipinski definition) is 3. The van der Waals surface area contributed by atoms with Crippen LogP contribution in [0.3, 0.4) is 0 Å². The van der Waals surface area contributed by atoms with Crippen LogP contribution in [0.15, 0.2) is 24.4 Å². The molecule has 0 saturated carbocycles. The average molecular weight is 267 g/mol. The smallest absolute Gasteiger partial charge is 0.167 e. The molecule has 2 rings (SSSR count). The van der Waals surface area contributed by atoms with Gasteiger partial charge in [-0.05, 0) is 18.7 Å². The van der Waals surface area contributed by atoms with E-state index in [9.17, 15) is 8.78 Å². The van der Waals surface area contributed by atoms with E-state index in [1.54, 1.807) is 4.57 Å². The average Bonchev–Trinajstić information content (AvgIpc) is 2.69. The zero-order valence-corrected chi connectivity index (χ0v) is 10.6. The maximum Gasteiger partial charge on any atom is 0.167 e. The highest BCUT2D eigenvalue weighted by Crippen LogP contribution is 2.18. The minimum atomic E-state index is -0.726. The van der Waals surface area contributed by atoms with Gasteiger partial charge in [0.25, 0.3) is 0 Å². The van der Waals surface area contributed by atoms with Gasteiger partial charge in [-0.15, -0.1) is 0 Å². The van der Waals surface area contributed by atoms with Crippen LogP contribution in [0.2, 0.25) is 0 Å². The number of rotatable bonds is 5. The molecule has 2 aromatic rings. The van der Waals surface area contributed by atoms with Gasteiger partial charge < -0.3 is 15.0 Å². The van der Waals surface area contributed by atoms with Crippen molar-refractivity contribution in [1.29, 1.82) is 0 Å². The molecule has 0 bridgehead atoms. The molecule has 0 aliphatic carbocycles. The molecule has 0 unspecified atom stereocenters.